The highest BCUT2D eigenvalue weighted by molar-refractivity contribution is 5.35. The van der Waals surface area contributed by atoms with Crippen LogP contribution in [0.3, 0.4) is 0 Å². The molecule has 2 rings (SSSR count). The molecule has 0 heterocycles. The van der Waals surface area contributed by atoms with Gasteiger partial charge in [-0.1, -0.05) is 47.5 Å². The van der Waals surface area contributed by atoms with Gasteiger partial charge in [-0.05, 0) is 77.6 Å². The molecule has 24 heavy (non-hydrogen) atoms. The van der Waals surface area contributed by atoms with Crippen molar-refractivity contribution >= 4 is 0 Å². The van der Waals surface area contributed by atoms with Gasteiger partial charge in [-0.3, -0.25) is 0 Å². The summed E-state index contributed by atoms with van der Waals surface area (Å²) in [5.74, 6) is 0. The Bertz CT molecular complexity index is 663. The van der Waals surface area contributed by atoms with E-state index in [0.717, 1.165) is 11.1 Å². The Morgan fingerprint density at radius 2 is 0.917 bits per heavy atom. The van der Waals surface area contributed by atoms with Crippen molar-refractivity contribution in [2.24, 2.45) is 0 Å². The second-order valence-corrected chi connectivity index (χ2v) is 7.82. The van der Waals surface area contributed by atoms with Gasteiger partial charge in [-0.25, -0.2) is 9.78 Å². The predicted molar refractivity (Wildman–Crippen MR) is 100 cm³/mol. The molecule has 2 heteroatoms. The number of aryl methyl sites for hydroxylation is 4. The van der Waals surface area contributed by atoms with Gasteiger partial charge in [0.05, 0.1) is 0 Å². The van der Waals surface area contributed by atoms with E-state index in [1.165, 1.54) is 22.3 Å². The molecular formula is C22H30O2. The first-order chi connectivity index (χ1) is 11.0. The summed E-state index contributed by atoms with van der Waals surface area (Å²) in [7, 11) is 0. The smallest absolute Gasteiger partial charge is 0.123 e. The van der Waals surface area contributed by atoms with Crippen LogP contribution in [0.15, 0.2) is 36.4 Å². The first-order valence-electron chi connectivity index (χ1n) is 8.55. The van der Waals surface area contributed by atoms with Crippen LogP contribution < -0.4 is 0 Å². The molecule has 0 saturated heterocycles. The lowest BCUT2D eigenvalue weighted by molar-refractivity contribution is -0.410. The Morgan fingerprint density at radius 3 is 1.25 bits per heavy atom. The van der Waals surface area contributed by atoms with Gasteiger partial charge in [0.25, 0.3) is 0 Å². The Hall–Kier alpha value is -1.64. The van der Waals surface area contributed by atoms with Gasteiger partial charge in [0, 0.05) is 0 Å². The lowest BCUT2D eigenvalue weighted by Crippen LogP contribution is -2.30. The first-order valence-corrected chi connectivity index (χ1v) is 8.55. The first kappa shape index (κ1) is 18.7. The van der Waals surface area contributed by atoms with E-state index in [0.29, 0.717) is 0 Å². The number of hydrogen-bond acceptors (Lipinski definition) is 2. The molecule has 0 bridgehead atoms. The van der Waals surface area contributed by atoms with Crippen LogP contribution in [0, 0.1) is 27.7 Å². The van der Waals surface area contributed by atoms with Crippen molar-refractivity contribution in [3.63, 3.8) is 0 Å². The van der Waals surface area contributed by atoms with Crippen molar-refractivity contribution in [1.82, 2.24) is 0 Å². The monoisotopic (exact) mass is 326 g/mol. The molecule has 0 fully saturated rings. The summed E-state index contributed by atoms with van der Waals surface area (Å²) < 4.78 is 0. The summed E-state index contributed by atoms with van der Waals surface area (Å²) in [6.45, 7) is 16.6. The fourth-order valence-corrected chi connectivity index (χ4v) is 3.07. The third-order valence-electron chi connectivity index (χ3n) is 4.54. The molecule has 2 aromatic rings. The predicted octanol–water partition coefficient (Wildman–Crippen LogP) is 6.04. The maximum absolute atomic E-state index is 5.97. The van der Waals surface area contributed by atoms with Gasteiger partial charge < -0.3 is 0 Å². The fourth-order valence-electron chi connectivity index (χ4n) is 3.07. The average Bonchev–Trinajstić information content (AvgIpc) is 2.50. The Balaban J connectivity index is 2.24. The van der Waals surface area contributed by atoms with Crippen LogP contribution >= 0.6 is 0 Å². The molecule has 0 unspecified atom stereocenters. The van der Waals surface area contributed by atoms with E-state index < -0.39 is 11.2 Å². The molecule has 0 atom stereocenters. The zero-order valence-electron chi connectivity index (χ0n) is 16.3. The van der Waals surface area contributed by atoms with Crippen molar-refractivity contribution in [3.05, 3.63) is 69.8 Å². The van der Waals surface area contributed by atoms with E-state index in [-0.39, 0.29) is 0 Å². The number of hydrogen-bond donors (Lipinski definition) is 0. The normalized spacial score (nSPS) is 12.5. The van der Waals surface area contributed by atoms with E-state index in [9.17, 15) is 0 Å². The maximum Gasteiger partial charge on any atom is 0.123 e. The van der Waals surface area contributed by atoms with Crippen molar-refractivity contribution in [2.75, 3.05) is 0 Å². The van der Waals surface area contributed by atoms with Crippen molar-refractivity contribution in [3.8, 4) is 0 Å². The van der Waals surface area contributed by atoms with E-state index in [2.05, 4.69) is 64.1 Å². The molecule has 0 amide bonds. The molecule has 0 saturated carbocycles. The Labute approximate surface area is 146 Å². The highest BCUT2D eigenvalue weighted by Crippen LogP contribution is 2.34. The largest absolute Gasteiger partial charge is 0.225 e. The van der Waals surface area contributed by atoms with E-state index in [4.69, 9.17) is 9.78 Å². The van der Waals surface area contributed by atoms with Gasteiger partial charge in [0.2, 0.25) is 0 Å². The minimum absolute atomic E-state index is 0.523. The molecule has 0 aliphatic rings. The summed E-state index contributed by atoms with van der Waals surface area (Å²) in [6, 6.07) is 12.8. The molecule has 0 spiro atoms. The molecule has 0 radical (unpaired) electrons. The minimum Gasteiger partial charge on any atom is -0.225 e. The second kappa shape index (κ2) is 6.70. The molecular weight excluding hydrogens is 296 g/mol. The standard InChI is InChI=1S/C22H30O2/c1-15-9-11-17(3)19(13-15)21(5,6)23-24-22(7,8)20-14-16(2)10-12-18(20)4/h9-14H,1-8H3. The summed E-state index contributed by atoms with van der Waals surface area (Å²) in [6.07, 6.45) is 0. The molecule has 0 N–H and O–H groups in total. The highest BCUT2D eigenvalue weighted by atomic mass is 17.2. The van der Waals surface area contributed by atoms with Crippen LogP contribution in [-0.2, 0) is 21.0 Å². The third-order valence-corrected chi connectivity index (χ3v) is 4.54. The zero-order valence-corrected chi connectivity index (χ0v) is 16.3. The van der Waals surface area contributed by atoms with Gasteiger partial charge in [-0.2, -0.15) is 0 Å². The lowest BCUT2D eigenvalue weighted by Gasteiger charge is -2.33. The van der Waals surface area contributed by atoms with Crippen LogP contribution in [0.2, 0.25) is 0 Å². The summed E-state index contributed by atoms with van der Waals surface area (Å²) >= 11 is 0. The average molecular weight is 326 g/mol. The van der Waals surface area contributed by atoms with Gasteiger partial charge >= 0.3 is 0 Å². The van der Waals surface area contributed by atoms with Gasteiger partial charge in [0.15, 0.2) is 0 Å². The number of rotatable bonds is 5. The molecule has 130 valence electrons. The third kappa shape index (κ3) is 4.06. The zero-order chi connectivity index (χ0) is 18.1. The van der Waals surface area contributed by atoms with Gasteiger partial charge in [-0.15, -0.1) is 0 Å². The van der Waals surface area contributed by atoms with Crippen molar-refractivity contribution < 1.29 is 9.78 Å². The van der Waals surface area contributed by atoms with Crippen LogP contribution in [0.1, 0.15) is 61.1 Å². The molecule has 0 aliphatic heterocycles. The topological polar surface area (TPSA) is 18.5 Å². The fraction of sp³-hybridized carbons (Fsp3) is 0.455. The summed E-state index contributed by atoms with van der Waals surface area (Å²) in [5, 5.41) is 0. The second-order valence-electron chi connectivity index (χ2n) is 7.82. The van der Waals surface area contributed by atoms with Crippen LogP contribution in [-0.4, -0.2) is 0 Å². The van der Waals surface area contributed by atoms with Crippen molar-refractivity contribution in [1.29, 1.82) is 0 Å². The molecule has 0 aliphatic carbocycles. The molecule has 0 aromatic heterocycles. The van der Waals surface area contributed by atoms with E-state index in [1.54, 1.807) is 0 Å². The minimum atomic E-state index is -0.523. The van der Waals surface area contributed by atoms with E-state index >= 15 is 0 Å². The summed E-state index contributed by atoms with van der Waals surface area (Å²) in [5.41, 5.74) is 6.12. The van der Waals surface area contributed by atoms with E-state index in [1.807, 2.05) is 27.7 Å². The Kier molecular flexibility index (Phi) is 5.22. The molecule has 2 aromatic carbocycles. The molecule has 2 nitrogen and oxygen atoms in total. The van der Waals surface area contributed by atoms with Crippen LogP contribution in [0.5, 0.6) is 0 Å². The maximum atomic E-state index is 5.97. The van der Waals surface area contributed by atoms with Crippen LogP contribution in [0.25, 0.3) is 0 Å². The van der Waals surface area contributed by atoms with Crippen molar-refractivity contribution in [2.45, 2.75) is 66.6 Å². The summed E-state index contributed by atoms with van der Waals surface area (Å²) in [4.78, 5) is 11.9. The van der Waals surface area contributed by atoms with Crippen LogP contribution in [0.4, 0.5) is 0 Å². The Morgan fingerprint density at radius 1 is 0.583 bits per heavy atom. The highest BCUT2D eigenvalue weighted by Gasteiger charge is 2.31. The van der Waals surface area contributed by atoms with Gasteiger partial charge in [0.1, 0.15) is 11.2 Å². The number of benzene rings is 2. The quantitative estimate of drug-likeness (QED) is 0.492. The lowest BCUT2D eigenvalue weighted by atomic mass is 9.92. The SMILES string of the molecule is Cc1ccc(C)c(C(C)(C)OOC(C)(C)c2cc(C)ccc2C)c1.